The van der Waals surface area contributed by atoms with Crippen LogP contribution in [-0.2, 0) is 20.6 Å². The van der Waals surface area contributed by atoms with Gasteiger partial charge in [-0.1, -0.05) is 18.2 Å². The topological polar surface area (TPSA) is 44.8 Å². The smallest absolute Gasteiger partial charge is 0.338 e. The number of rotatable bonds is 2. The van der Waals surface area contributed by atoms with E-state index in [9.17, 15) is 4.79 Å². The van der Waals surface area contributed by atoms with E-state index in [-0.39, 0.29) is 18.4 Å². The van der Waals surface area contributed by atoms with Crippen molar-refractivity contribution in [3.8, 4) is 0 Å². The Morgan fingerprint density at radius 2 is 1.94 bits per heavy atom. The summed E-state index contributed by atoms with van der Waals surface area (Å²) in [7, 11) is 0. The normalized spacial score (nSPS) is 24.5. The summed E-state index contributed by atoms with van der Waals surface area (Å²) in [5.41, 5.74) is 1.73. The lowest BCUT2D eigenvalue weighted by atomic mass is 9.97. The van der Waals surface area contributed by atoms with Crippen LogP contribution in [0.4, 0.5) is 0 Å². The third-order valence-corrected chi connectivity index (χ3v) is 3.10. The van der Waals surface area contributed by atoms with Gasteiger partial charge in [-0.3, -0.25) is 0 Å². The first-order chi connectivity index (χ1) is 8.33. The van der Waals surface area contributed by atoms with Crippen LogP contribution in [0.3, 0.4) is 0 Å². The van der Waals surface area contributed by atoms with E-state index in [1.165, 1.54) is 0 Å². The molecular weight excluding hydrogens is 220 g/mol. The number of ether oxygens (including phenoxy) is 3. The van der Waals surface area contributed by atoms with Crippen molar-refractivity contribution in [3.63, 3.8) is 0 Å². The second-order valence-corrected chi connectivity index (χ2v) is 4.30. The van der Waals surface area contributed by atoms with Crippen molar-refractivity contribution >= 4 is 5.97 Å². The summed E-state index contributed by atoms with van der Waals surface area (Å²) in [5, 5.41) is 0. The van der Waals surface area contributed by atoms with E-state index in [1.54, 1.807) is 6.07 Å². The largest absolute Gasteiger partial charge is 0.458 e. The first kappa shape index (κ1) is 10.7. The van der Waals surface area contributed by atoms with Gasteiger partial charge in [-0.2, -0.15) is 0 Å². The fourth-order valence-corrected chi connectivity index (χ4v) is 2.29. The maximum absolute atomic E-state index is 11.8. The second kappa shape index (κ2) is 4.47. The van der Waals surface area contributed by atoms with Crippen LogP contribution in [0.15, 0.2) is 24.3 Å². The number of carbonyl (C=O) groups is 1. The molecule has 0 spiro atoms. The molecule has 2 aliphatic rings. The van der Waals surface area contributed by atoms with E-state index in [1.807, 2.05) is 18.2 Å². The molecule has 0 amide bonds. The lowest BCUT2D eigenvalue weighted by Crippen LogP contribution is -2.31. The van der Waals surface area contributed by atoms with E-state index in [4.69, 9.17) is 14.2 Å². The Balaban J connectivity index is 1.72. The van der Waals surface area contributed by atoms with E-state index < -0.39 is 0 Å². The van der Waals surface area contributed by atoms with Gasteiger partial charge < -0.3 is 14.2 Å². The Morgan fingerprint density at radius 1 is 1.18 bits per heavy atom. The van der Waals surface area contributed by atoms with E-state index in [0.29, 0.717) is 25.2 Å². The van der Waals surface area contributed by atoms with E-state index in [2.05, 4.69) is 0 Å². The number of cyclic esters (lactones) is 1. The summed E-state index contributed by atoms with van der Waals surface area (Å²) in [6, 6.07) is 7.57. The molecule has 4 nitrogen and oxygen atoms in total. The molecule has 0 radical (unpaired) electrons. The van der Waals surface area contributed by atoms with Gasteiger partial charge in [0.2, 0.25) is 0 Å². The SMILES string of the molecule is O=C1OC(CC2OCCO2)Cc2ccccc21. The van der Waals surface area contributed by atoms with Gasteiger partial charge in [-0.15, -0.1) is 0 Å². The maximum Gasteiger partial charge on any atom is 0.338 e. The molecular formula is C13H14O4. The molecule has 1 atom stereocenters. The highest BCUT2D eigenvalue weighted by atomic mass is 16.7. The number of benzene rings is 1. The van der Waals surface area contributed by atoms with Crippen molar-refractivity contribution in [2.24, 2.45) is 0 Å². The number of fused-ring (bicyclic) bond motifs is 1. The van der Waals surface area contributed by atoms with Crippen LogP contribution in [0, 0.1) is 0 Å². The number of carbonyl (C=O) groups excluding carboxylic acids is 1. The highest BCUT2D eigenvalue weighted by Gasteiger charge is 2.29. The molecule has 0 saturated carbocycles. The number of hydrogen-bond acceptors (Lipinski definition) is 4. The Labute approximate surface area is 99.5 Å². The van der Waals surface area contributed by atoms with Crippen LogP contribution in [0.25, 0.3) is 0 Å². The standard InChI is InChI=1S/C13H14O4/c14-13-11-4-2-1-3-9(11)7-10(17-13)8-12-15-5-6-16-12/h1-4,10,12H,5-8H2. The molecule has 0 bridgehead atoms. The molecule has 1 saturated heterocycles. The molecule has 0 aliphatic carbocycles. The van der Waals surface area contributed by atoms with Gasteiger partial charge in [0.25, 0.3) is 0 Å². The van der Waals surface area contributed by atoms with Crippen LogP contribution in [0.2, 0.25) is 0 Å². The summed E-state index contributed by atoms with van der Waals surface area (Å²) in [4.78, 5) is 11.8. The average Bonchev–Trinajstić information content (AvgIpc) is 2.82. The first-order valence-corrected chi connectivity index (χ1v) is 5.85. The summed E-state index contributed by atoms with van der Waals surface area (Å²) in [5.74, 6) is -0.241. The highest BCUT2D eigenvalue weighted by Crippen LogP contribution is 2.24. The maximum atomic E-state index is 11.8. The lowest BCUT2D eigenvalue weighted by Gasteiger charge is -2.25. The third kappa shape index (κ3) is 2.18. The molecule has 4 heteroatoms. The minimum Gasteiger partial charge on any atom is -0.458 e. The lowest BCUT2D eigenvalue weighted by molar-refractivity contribution is -0.0752. The van der Waals surface area contributed by atoms with Crippen molar-refractivity contribution in [1.82, 2.24) is 0 Å². The van der Waals surface area contributed by atoms with Gasteiger partial charge in [0.15, 0.2) is 6.29 Å². The zero-order valence-corrected chi connectivity index (χ0v) is 9.43. The Kier molecular flexibility index (Phi) is 2.82. The number of esters is 1. The van der Waals surface area contributed by atoms with Crippen LogP contribution in [-0.4, -0.2) is 31.6 Å². The van der Waals surface area contributed by atoms with Gasteiger partial charge in [0.1, 0.15) is 6.10 Å². The van der Waals surface area contributed by atoms with Crippen LogP contribution in [0.1, 0.15) is 22.3 Å². The molecule has 1 fully saturated rings. The molecule has 0 N–H and O–H groups in total. The quantitative estimate of drug-likeness (QED) is 0.728. The Morgan fingerprint density at radius 3 is 2.76 bits per heavy atom. The second-order valence-electron chi connectivity index (χ2n) is 4.30. The van der Waals surface area contributed by atoms with Crippen molar-refractivity contribution in [2.75, 3.05) is 13.2 Å². The fourth-order valence-electron chi connectivity index (χ4n) is 2.29. The molecule has 17 heavy (non-hydrogen) atoms. The van der Waals surface area contributed by atoms with Gasteiger partial charge in [-0.25, -0.2) is 4.79 Å². The van der Waals surface area contributed by atoms with E-state index in [0.717, 1.165) is 12.0 Å². The molecule has 2 heterocycles. The molecule has 0 aromatic heterocycles. The first-order valence-electron chi connectivity index (χ1n) is 5.85. The molecule has 1 aromatic carbocycles. The average molecular weight is 234 g/mol. The summed E-state index contributed by atoms with van der Waals surface area (Å²) < 4.78 is 16.1. The predicted octanol–water partition coefficient (Wildman–Crippen LogP) is 1.53. The van der Waals surface area contributed by atoms with E-state index >= 15 is 0 Å². The highest BCUT2D eigenvalue weighted by molar-refractivity contribution is 5.92. The van der Waals surface area contributed by atoms with Gasteiger partial charge in [0, 0.05) is 12.8 Å². The molecule has 3 rings (SSSR count). The van der Waals surface area contributed by atoms with Gasteiger partial charge >= 0.3 is 5.97 Å². The minimum absolute atomic E-state index is 0.138. The van der Waals surface area contributed by atoms with Gasteiger partial charge in [-0.05, 0) is 11.6 Å². The molecule has 1 aromatic rings. The monoisotopic (exact) mass is 234 g/mol. The molecule has 90 valence electrons. The third-order valence-electron chi connectivity index (χ3n) is 3.10. The summed E-state index contributed by atoms with van der Waals surface area (Å²) in [6.07, 6.45) is 0.990. The minimum atomic E-state index is -0.241. The predicted molar refractivity (Wildman–Crippen MR) is 59.7 cm³/mol. The Hall–Kier alpha value is -1.39. The van der Waals surface area contributed by atoms with Gasteiger partial charge in [0.05, 0.1) is 18.8 Å². The Bertz CT molecular complexity index is 423. The van der Waals surface area contributed by atoms with Crippen molar-refractivity contribution < 1.29 is 19.0 Å². The molecule has 2 aliphatic heterocycles. The fraction of sp³-hybridized carbons (Fsp3) is 0.462. The van der Waals surface area contributed by atoms with Crippen LogP contribution >= 0.6 is 0 Å². The summed E-state index contributed by atoms with van der Waals surface area (Å²) >= 11 is 0. The van der Waals surface area contributed by atoms with Crippen molar-refractivity contribution in [2.45, 2.75) is 25.2 Å². The summed E-state index contributed by atoms with van der Waals surface area (Å²) in [6.45, 7) is 1.25. The van der Waals surface area contributed by atoms with Crippen molar-refractivity contribution in [3.05, 3.63) is 35.4 Å². The molecule has 1 unspecified atom stereocenters. The van der Waals surface area contributed by atoms with Crippen LogP contribution in [0.5, 0.6) is 0 Å². The zero-order chi connectivity index (χ0) is 11.7. The van der Waals surface area contributed by atoms with Crippen molar-refractivity contribution in [1.29, 1.82) is 0 Å². The number of hydrogen-bond donors (Lipinski definition) is 0. The van der Waals surface area contributed by atoms with Crippen LogP contribution < -0.4 is 0 Å². The zero-order valence-electron chi connectivity index (χ0n) is 9.43.